The minimum Gasteiger partial charge on any atom is -0.306 e. The molecule has 2 rings (SSSR count). The van der Waals surface area contributed by atoms with Gasteiger partial charge in [-0.15, -0.1) is 0 Å². The molecule has 0 amide bonds. The Morgan fingerprint density at radius 1 is 1.28 bits per heavy atom. The molecule has 4 heteroatoms. The molecule has 0 aliphatic rings. The quantitative estimate of drug-likeness (QED) is 0.899. The van der Waals surface area contributed by atoms with Gasteiger partial charge in [-0.2, -0.15) is 0 Å². The van der Waals surface area contributed by atoms with Crippen LogP contribution in [0.5, 0.6) is 0 Å². The fourth-order valence-electron chi connectivity index (χ4n) is 1.96. The highest BCUT2D eigenvalue weighted by Gasteiger charge is 2.18. The van der Waals surface area contributed by atoms with Crippen molar-refractivity contribution >= 4 is 0 Å². The number of hydrogen-bond acceptors (Lipinski definition) is 3. The SMILES string of the molecule is CCNC(c1cncnc1)c1cccc(C)c1F. The number of nitrogens with one attached hydrogen (secondary N) is 1. The van der Waals surface area contributed by atoms with E-state index in [1.165, 1.54) is 6.33 Å². The lowest BCUT2D eigenvalue weighted by Gasteiger charge is -2.19. The minimum atomic E-state index is -0.212. The van der Waals surface area contributed by atoms with Gasteiger partial charge in [0.2, 0.25) is 0 Å². The van der Waals surface area contributed by atoms with Crippen molar-refractivity contribution in [3.8, 4) is 0 Å². The number of nitrogens with zero attached hydrogens (tertiary/aromatic N) is 2. The predicted molar refractivity (Wildman–Crippen MR) is 68.7 cm³/mol. The summed E-state index contributed by atoms with van der Waals surface area (Å²) >= 11 is 0. The van der Waals surface area contributed by atoms with Gasteiger partial charge in [-0.05, 0) is 19.0 Å². The van der Waals surface area contributed by atoms with Crippen molar-refractivity contribution in [2.75, 3.05) is 6.54 Å². The molecular formula is C14H16FN3. The molecule has 1 atom stereocenters. The van der Waals surface area contributed by atoms with Crippen LogP contribution in [0, 0.1) is 12.7 Å². The van der Waals surface area contributed by atoms with Crippen LogP contribution in [-0.2, 0) is 0 Å². The Bertz CT molecular complexity index is 514. The molecule has 0 aliphatic heterocycles. The van der Waals surface area contributed by atoms with Gasteiger partial charge in [-0.1, -0.05) is 25.1 Å². The Morgan fingerprint density at radius 3 is 2.67 bits per heavy atom. The van der Waals surface area contributed by atoms with Gasteiger partial charge in [0.1, 0.15) is 12.1 Å². The van der Waals surface area contributed by atoms with Crippen LogP contribution in [0.15, 0.2) is 36.9 Å². The topological polar surface area (TPSA) is 37.8 Å². The minimum absolute atomic E-state index is 0.174. The van der Waals surface area contributed by atoms with E-state index in [0.29, 0.717) is 11.1 Å². The van der Waals surface area contributed by atoms with Crippen LogP contribution in [0.4, 0.5) is 4.39 Å². The van der Waals surface area contributed by atoms with Crippen molar-refractivity contribution in [2.45, 2.75) is 19.9 Å². The van der Waals surface area contributed by atoms with E-state index in [9.17, 15) is 4.39 Å². The van der Waals surface area contributed by atoms with Crippen LogP contribution >= 0.6 is 0 Å². The average molecular weight is 245 g/mol. The van der Waals surface area contributed by atoms with E-state index >= 15 is 0 Å². The number of halogens is 1. The van der Waals surface area contributed by atoms with Crippen molar-refractivity contribution in [1.29, 1.82) is 0 Å². The van der Waals surface area contributed by atoms with E-state index in [1.807, 2.05) is 13.0 Å². The molecule has 0 radical (unpaired) electrons. The van der Waals surface area contributed by atoms with Gasteiger partial charge in [-0.3, -0.25) is 0 Å². The van der Waals surface area contributed by atoms with Gasteiger partial charge in [-0.25, -0.2) is 14.4 Å². The summed E-state index contributed by atoms with van der Waals surface area (Å²) in [5.41, 5.74) is 2.14. The fourth-order valence-corrected chi connectivity index (χ4v) is 1.96. The molecule has 0 spiro atoms. The smallest absolute Gasteiger partial charge is 0.131 e. The maximum Gasteiger partial charge on any atom is 0.131 e. The van der Waals surface area contributed by atoms with Crippen LogP contribution in [0.1, 0.15) is 29.7 Å². The van der Waals surface area contributed by atoms with Gasteiger partial charge in [0.05, 0.1) is 6.04 Å². The molecule has 1 N–H and O–H groups in total. The summed E-state index contributed by atoms with van der Waals surface area (Å²) in [6.45, 7) is 4.50. The van der Waals surface area contributed by atoms with E-state index in [1.54, 1.807) is 31.5 Å². The molecule has 0 aliphatic carbocycles. The van der Waals surface area contributed by atoms with Crippen LogP contribution in [0.25, 0.3) is 0 Å². The Labute approximate surface area is 106 Å². The highest BCUT2D eigenvalue weighted by atomic mass is 19.1. The van der Waals surface area contributed by atoms with Gasteiger partial charge < -0.3 is 5.32 Å². The lowest BCUT2D eigenvalue weighted by molar-refractivity contribution is 0.552. The van der Waals surface area contributed by atoms with Gasteiger partial charge in [0.25, 0.3) is 0 Å². The monoisotopic (exact) mass is 245 g/mol. The Balaban J connectivity index is 2.45. The molecule has 0 fully saturated rings. The summed E-state index contributed by atoms with van der Waals surface area (Å²) in [5.74, 6) is -0.174. The highest BCUT2D eigenvalue weighted by molar-refractivity contribution is 5.33. The zero-order valence-corrected chi connectivity index (χ0v) is 10.5. The summed E-state index contributed by atoms with van der Waals surface area (Å²) in [5, 5.41) is 3.26. The summed E-state index contributed by atoms with van der Waals surface area (Å²) in [7, 11) is 0. The third-order valence-corrected chi connectivity index (χ3v) is 2.85. The normalized spacial score (nSPS) is 12.4. The second-order valence-corrected chi connectivity index (χ2v) is 4.14. The Hall–Kier alpha value is -1.81. The van der Waals surface area contributed by atoms with Crippen molar-refractivity contribution in [1.82, 2.24) is 15.3 Å². The Kier molecular flexibility index (Phi) is 3.99. The zero-order valence-electron chi connectivity index (χ0n) is 10.5. The second kappa shape index (κ2) is 5.69. The van der Waals surface area contributed by atoms with Crippen molar-refractivity contribution in [3.63, 3.8) is 0 Å². The number of rotatable bonds is 4. The van der Waals surface area contributed by atoms with E-state index in [-0.39, 0.29) is 11.9 Å². The molecule has 1 aromatic heterocycles. The van der Waals surface area contributed by atoms with Crippen LogP contribution in [-0.4, -0.2) is 16.5 Å². The first kappa shape index (κ1) is 12.6. The van der Waals surface area contributed by atoms with Crippen molar-refractivity contribution in [2.24, 2.45) is 0 Å². The number of hydrogen-bond donors (Lipinski definition) is 1. The molecule has 18 heavy (non-hydrogen) atoms. The molecule has 3 nitrogen and oxygen atoms in total. The van der Waals surface area contributed by atoms with Gasteiger partial charge in [0, 0.05) is 23.5 Å². The standard InChI is InChI=1S/C14H16FN3/c1-3-18-14(11-7-16-9-17-8-11)12-6-4-5-10(2)13(12)15/h4-9,14,18H,3H2,1-2H3. The highest BCUT2D eigenvalue weighted by Crippen LogP contribution is 2.24. The summed E-state index contributed by atoms with van der Waals surface area (Å²) < 4.78 is 14.2. The number of aryl methyl sites for hydroxylation is 1. The van der Waals surface area contributed by atoms with Crippen LogP contribution < -0.4 is 5.32 Å². The largest absolute Gasteiger partial charge is 0.306 e. The predicted octanol–water partition coefficient (Wildman–Crippen LogP) is 2.62. The maximum atomic E-state index is 14.2. The summed E-state index contributed by atoms with van der Waals surface area (Å²) in [6, 6.07) is 5.21. The molecule has 0 bridgehead atoms. The second-order valence-electron chi connectivity index (χ2n) is 4.14. The van der Waals surface area contributed by atoms with Crippen molar-refractivity contribution in [3.05, 3.63) is 59.4 Å². The first-order chi connectivity index (χ1) is 8.74. The molecule has 2 aromatic rings. The Morgan fingerprint density at radius 2 is 2.00 bits per heavy atom. The third-order valence-electron chi connectivity index (χ3n) is 2.85. The van der Waals surface area contributed by atoms with Crippen LogP contribution in [0.3, 0.4) is 0 Å². The van der Waals surface area contributed by atoms with E-state index in [2.05, 4.69) is 15.3 Å². The third kappa shape index (κ3) is 2.54. The van der Waals surface area contributed by atoms with E-state index in [0.717, 1.165) is 12.1 Å². The molecule has 1 heterocycles. The van der Waals surface area contributed by atoms with E-state index in [4.69, 9.17) is 0 Å². The molecule has 1 aromatic carbocycles. The lowest BCUT2D eigenvalue weighted by Crippen LogP contribution is -2.23. The first-order valence-electron chi connectivity index (χ1n) is 5.97. The molecule has 1 unspecified atom stereocenters. The van der Waals surface area contributed by atoms with Crippen LogP contribution in [0.2, 0.25) is 0 Å². The first-order valence-corrected chi connectivity index (χ1v) is 5.97. The average Bonchev–Trinajstić information content (AvgIpc) is 2.41. The lowest BCUT2D eigenvalue weighted by atomic mass is 9.98. The van der Waals surface area contributed by atoms with Gasteiger partial charge >= 0.3 is 0 Å². The van der Waals surface area contributed by atoms with Crippen molar-refractivity contribution < 1.29 is 4.39 Å². The zero-order chi connectivity index (χ0) is 13.0. The number of benzene rings is 1. The van der Waals surface area contributed by atoms with E-state index < -0.39 is 0 Å². The fraction of sp³-hybridized carbons (Fsp3) is 0.286. The maximum absolute atomic E-state index is 14.2. The molecule has 94 valence electrons. The molecule has 0 saturated carbocycles. The summed E-state index contributed by atoms with van der Waals surface area (Å²) in [6.07, 6.45) is 4.89. The molecular weight excluding hydrogens is 229 g/mol. The summed E-state index contributed by atoms with van der Waals surface area (Å²) in [4.78, 5) is 7.98. The molecule has 0 saturated heterocycles. The van der Waals surface area contributed by atoms with Gasteiger partial charge in [0.15, 0.2) is 0 Å². The number of aromatic nitrogens is 2.